The molecule has 1 fully saturated rings. The smallest absolute Gasteiger partial charge is 0.0441 e. The largest absolute Gasteiger partial charge is 0.306 e. The lowest BCUT2D eigenvalue weighted by atomic mass is 9.93. The van der Waals surface area contributed by atoms with Crippen molar-refractivity contribution in [2.45, 2.75) is 33.1 Å². The van der Waals surface area contributed by atoms with Crippen molar-refractivity contribution in [2.24, 2.45) is 11.8 Å². The molecule has 0 aliphatic carbocycles. The molecule has 0 N–H and O–H groups in total. The van der Waals surface area contributed by atoms with E-state index in [9.17, 15) is 0 Å². The van der Waals surface area contributed by atoms with Crippen molar-refractivity contribution in [3.05, 3.63) is 0 Å². The van der Waals surface area contributed by atoms with Gasteiger partial charge in [0.05, 0.1) is 0 Å². The summed E-state index contributed by atoms with van der Waals surface area (Å²) in [7, 11) is 2.27. The summed E-state index contributed by atoms with van der Waals surface area (Å²) < 4.78 is 0. The topological polar surface area (TPSA) is 6.48 Å². The van der Waals surface area contributed by atoms with Gasteiger partial charge in [-0.3, -0.25) is 4.90 Å². The lowest BCUT2D eigenvalue weighted by Crippen LogP contribution is -2.34. The summed E-state index contributed by atoms with van der Waals surface area (Å²) >= 11 is 1.95. The molecule has 0 aromatic carbocycles. The van der Waals surface area contributed by atoms with E-state index in [1.165, 1.54) is 51.3 Å². The lowest BCUT2D eigenvalue weighted by molar-refractivity contribution is 0.186. The highest BCUT2D eigenvalue weighted by Crippen LogP contribution is 2.21. The first-order chi connectivity index (χ1) is 8.11. The lowest BCUT2D eigenvalue weighted by Gasteiger charge is -2.32. The SMILES string of the molecule is CSCN1CCC(CCN(C)CC(C)C)CC1. The van der Waals surface area contributed by atoms with Crippen LogP contribution in [0.1, 0.15) is 33.1 Å². The van der Waals surface area contributed by atoms with Gasteiger partial charge in [0.25, 0.3) is 0 Å². The van der Waals surface area contributed by atoms with Crippen molar-refractivity contribution in [2.75, 3.05) is 45.4 Å². The number of hydrogen-bond acceptors (Lipinski definition) is 3. The zero-order chi connectivity index (χ0) is 12.7. The third kappa shape index (κ3) is 6.68. The summed E-state index contributed by atoms with van der Waals surface area (Å²) in [5.74, 6) is 2.99. The summed E-state index contributed by atoms with van der Waals surface area (Å²) in [5.41, 5.74) is 0. The van der Waals surface area contributed by atoms with Gasteiger partial charge in [-0.2, -0.15) is 0 Å². The molecule has 0 unspecified atom stereocenters. The van der Waals surface area contributed by atoms with Crippen LogP contribution in [0, 0.1) is 11.8 Å². The first-order valence-corrected chi connectivity index (χ1v) is 8.41. The van der Waals surface area contributed by atoms with E-state index in [4.69, 9.17) is 0 Å². The molecule has 0 amide bonds. The molecule has 3 heteroatoms. The van der Waals surface area contributed by atoms with Crippen molar-refractivity contribution in [1.29, 1.82) is 0 Å². The van der Waals surface area contributed by atoms with E-state index in [1.54, 1.807) is 0 Å². The predicted molar refractivity (Wildman–Crippen MR) is 79.6 cm³/mol. The number of hydrogen-bond donors (Lipinski definition) is 0. The highest BCUT2D eigenvalue weighted by molar-refractivity contribution is 7.98. The molecular weight excluding hydrogens is 228 g/mol. The molecule has 0 saturated carbocycles. The zero-order valence-electron chi connectivity index (χ0n) is 12.1. The molecule has 102 valence electrons. The molecule has 0 bridgehead atoms. The Morgan fingerprint density at radius 1 is 1.29 bits per heavy atom. The number of piperidine rings is 1. The number of thioether (sulfide) groups is 1. The third-order valence-corrected chi connectivity index (χ3v) is 4.24. The van der Waals surface area contributed by atoms with E-state index < -0.39 is 0 Å². The minimum Gasteiger partial charge on any atom is -0.306 e. The van der Waals surface area contributed by atoms with E-state index in [0.717, 1.165) is 11.8 Å². The van der Waals surface area contributed by atoms with Crippen LogP contribution in [0.25, 0.3) is 0 Å². The van der Waals surface area contributed by atoms with Crippen LogP contribution in [-0.4, -0.2) is 55.2 Å². The van der Waals surface area contributed by atoms with Crippen LogP contribution in [0.4, 0.5) is 0 Å². The molecule has 0 radical (unpaired) electrons. The third-order valence-electron chi connectivity index (χ3n) is 3.61. The molecule has 0 aromatic heterocycles. The van der Waals surface area contributed by atoms with Crippen molar-refractivity contribution in [1.82, 2.24) is 9.80 Å². The Hall–Kier alpha value is 0.270. The van der Waals surface area contributed by atoms with Crippen LogP contribution in [0.15, 0.2) is 0 Å². The van der Waals surface area contributed by atoms with E-state index >= 15 is 0 Å². The number of rotatable bonds is 7. The van der Waals surface area contributed by atoms with E-state index in [0.29, 0.717) is 0 Å². The molecule has 0 spiro atoms. The average molecular weight is 258 g/mol. The van der Waals surface area contributed by atoms with Crippen LogP contribution in [-0.2, 0) is 0 Å². The molecule has 1 aliphatic heterocycles. The van der Waals surface area contributed by atoms with Gasteiger partial charge in [-0.15, -0.1) is 11.8 Å². The predicted octanol–water partition coefficient (Wildman–Crippen LogP) is 3.00. The Morgan fingerprint density at radius 3 is 2.47 bits per heavy atom. The Bertz CT molecular complexity index is 189. The van der Waals surface area contributed by atoms with Crippen LogP contribution in [0.2, 0.25) is 0 Å². The average Bonchev–Trinajstić information content (AvgIpc) is 2.28. The molecular formula is C14H30N2S. The summed E-state index contributed by atoms with van der Waals surface area (Å²) in [4.78, 5) is 5.10. The monoisotopic (exact) mass is 258 g/mol. The van der Waals surface area contributed by atoms with Gasteiger partial charge in [0.1, 0.15) is 0 Å². The van der Waals surface area contributed by atoms with Gasteiger partial charge in [-0.1, -0.05) is 13.8 Å². The van der Waals surface area contributed by atoms with E-state index in [2.05, 4.69) is 37.0 Å². The summed E-state index contributed by atoms with van der Waals surface area (Å²) in [6, 6.07) is 0. The maximum atomic E-state index is 2.60. The Morgan fingerprint density at radius 2 is 1.94 bits per heavy atom. The van der Waals surface area contributed by atoms with Gasteiger partial charge in [-0.25, -0.2) is 0 Å². The van der Waals surface area contributed by atoms with Crippen LogP contribution in [0.5, 0.6) is 0 Å². The second-order valence-electron chi connectivity index (χ2n) is 5.92. The maximum Gasteiger partial charge on any atom is 0.0441 e. The van der Waals surface area contributed by atoms with Crippen LogP contribution >= 0.6 is 11.8 Å². The molecule has 1 aliphatic rings. The molecule has 1 saturated heterocycles. The fourth-order valence-corrected chi connectivity index (χ4v) is 3.33. The van der Waals surface area contributed by atoms with Gasteiger partial charge in [0.15, 0.2) is 0 Å². The molecule has 2 nitrogen and oxygen atoms in total. The fourth-order valence-electron chi connectivity index (χ4n) is 2.70. The summed E-state index contributed by atoms with van der Waals surface area (Å²) in [6.45, 7) is 9.77. The van der Waals surface area contributed by atoms with Crippen molar-refractivity contribution in [3.8, 4) is 0 Å². The Balaban J connectivity index is 2.09. The first-order valence-electron chi connectivity index (χ1n) is 7.01. The Labute approximate surface area is 112 Å². The van der Waals surface area contributed by atoms with Crippen molar-refractivity contribution >= 4 is 11.8 Å². The standard InChI is InChI=1S/C14H30N2S/c1-13(2)11-15(3)8-5-14-6-9-16(10-7-14)12-17-4/h13-14H,5-12H2,1-4H3. The quantitative estimate of drug-likeness (QED) is 0.693. The fraction of sp³-hybridized carbons (Fsp3) is 1.00. The molecule has 1 heterocycles. The number of likely N-dealkylation sites (tertiary alicyclic amines) is 1. The van der Waals surface area contributed by atoms with Gasteiger partial charge < -0.3 is 4.90 Å². The van der Waals surface area contributed by atoms with Gasteiger partial charge in [0.2, 0.25) is 0 Å². The minimum absolute atomic E-state index is 0.795. The highest BCUT2D eigenvalue weighted by atomic mass is 32.2. The molecule has 17 heavy (non-hydrogen) atoms. The maximum absolute atomic E-state index is 2.60. The molecule has 0 aromatic rings. The second-order valence-corrected chi connectivity index (χ2v) is 6.76. The van der Waals surface area contributed by atoms with Crippen LogP contribution in [0.3, 0.4) is 0 Å². The van der Waals surface area contributed by atoms with Crippen LogP contribution < -0.4 is 0 Å². The summed E-state index contributed by atoms with van der Waals surface area (Å²) in [6.07, 6.45) is 6.43. The molecule has 1 rings (SSSR count). The van der Waals surface area contributed by atoms with Gasteiger partial charge in [0, 0.05) is 12.4 Å². The summed E-state index contributed by atoms with van der Waals surface area (Å²) in [5, 5.41) is 0. The molecule has 0 atom stereocenters. The van der Waals surface area contributed by atoms with Crippen molar-refractivity contribution in [3.63, 3.8) is 0 Å². The second kappa shape index (κ2) is 8.39. The number of nitrogens with zero attached hydrogens (tertiary/aromatic N) is 2. The van der Waals surface area contributed by atoms with Gasteiger partial charge >= 0.3 is 0 Å². The van der Waals surface area contributed by atoms with E-state index in [1.807, 2.05) is 11.8 Å². The first kappa shape index (κ1) is 15.3. The Kier molecular flexibility index (Phi) is 7.56. The normalized spacial score (nSPS) is 19.4. The minimum atomic E-state index is 0.795. The highest BCUT2D eigenvalue weighted by Gasteiger charge is 2.18. The van der Waals surface area contributed by atoms with Crippen molar-refractivity contribution < 1.29 is 0 Å². The van der Waals surface area contributed by atoms with E-state index in [-0.39, 0.29) is 0 Å². The zero-order valence-corrected chi connectivity index (χ0v) is 12.9. The van der Waals surface area contributed by atoms with Gasteiger partial charge in [-0.05, 0) is 64.0 Å².